The van der Waals surface area contributed by atoms with E-state index in [1.165, 1.54) is 29.8 Å². The number of benzene rings is 1. The molecule has 130 valence electrons. The van der Waals surface area contributed by atoms with Gasteiger partial charge in [-0.15, -0.1) is 0 Å². The molecule has 1 aromatic carbocycles. The molecule has 25 heavy (non-hydrogen) atoms. The van der Waals surface area contributed by atoms with E-state index in [1.807, 2.05) is 30.3 Å². The molecule has 0 saturated heterocycles. The predicted octanol–water partition coefficient (Wildman–Crippen LogP) is 2.59. The molecule has 2 N–H and O–H groups in total. The Morgan fingerprint density at radius 3 is 2.72 bits per heavy atom. The monoisotopic (exact) mass is 338 g/mol. The van der Waals surface area contributed by atoms with Crippen molar-refractivity contribution < 1.29 is 9.59 Å². The third kappa shape index (κ3) is 5.31. The third-order valence-electron chi connectivity index (χ3n) is 4.15. The van der Waals surface area contributed by atoms with Gasteiger partial charge in [-0.3, -0.25) is 14.3 Å². The molecular formula is C19H22N4O2. The van der Waals surface area contributed by atoms with Gasteiger partial charge in [0.2, 0.25) is 11.8 Å². The minimum absolute atomic E-state index is 0.0446. The SMILES string of the molecule is O=C(/C=C/c1ccccc1)Nc1cnn(CC(=O)NC2CCCC2)c1. The summed E-state index contributed by atoms with van der Waals surface area (Å²) in [4.78, 5) is 23.9. The molecule has 0 bridgehead atoms. The molecule has 3 rings (SSSR count). The summed E-state index contributed by atoms with van der Waals surface area (Å²) in [6.45, 7) is 0.159. The van der Waals surface area contributed by atoms with Crippen LogP contribution in [0, 0.1) is 0 Å². The number of carbonyl (C=O) groups excluding carboxylic acids is 2. The van der Waals surface area contributed by atoms with Crippen LogP contribution in [-0.2, 0) is 16.1 Å². The van der Waals surface area contributed by atoms with Gasteiger partial charge in [-0.2, -0.15) is 5.10 Å². The van der Waals surface area contributed by atoms with Crippen LogP contribution in [0.4, 0.5) is 5.69 Å². The van der Waals surface area contributed by atoms with Crippen LogP contribution in [0.25, 0.3) is 6.08 Å². The van der Waals surface area contributed by atoms with Crippen molar-refractivity contribution in [3.05, 3.63) is 54.4 Å². The normalized spacial score (nSPS) is 14.7. The number of anilines is 1. The van der Waals surface area contributed by atoms with Crippen LogP contribution in [0.1, 0.15) is 31.2 Å². The molecule has 0 radical (unpaired) electrons. The molecule has 2 aromatic rings. The summed E-state index contributed by atoms with van der Waals surface area (Å²) < 4.78 is 1.53. The van der Waals surface area contributed by atoms with Gasteiger partial charge in [0.1, 0.15) is 6.54 Å². The second-order valence-electron chi connectivity index (χ2n) is 6.21. The van der Waals surface area contributed by atoms with Crippen molar-refractivity contribution in [3.8, 4) is 0 Å². The lowest BCUT2D eigenvalue weighted by Gasteiger charge is -2.11. The van der Waals surface area contributed by atoms with Gasteiger partial charge in [0.05, 0.1) is 11.9 Å². The van der Waals surface area contributed by atoms with Crippen LogP contribution < -0.4 is 10.6 Å². The zero-order chi connectivity index (χ0) is 17.5. The van der Waals surface area contributed by atoms with Crippen LogP contribution in [0.5, 0.6) is 0 Å². The van der Waals surface area contributed by atoms with Crippen LogP contribution in [-0.4, -0.2) is 27.6 Å². The van der Waals surface area contributed by atoms with Crippen LogP contribution in [0.15, 0.2) is 48.8 Å². The minimum Gasteiger partial charge on any atom is -0.352 e. The molecule has 1 aliphatic carbocycles. The van der Waals surface area contributed by atoms with E-state index in [9.17, 15) is 9.59 Å². The highest BCUT2D eigenvalue weighted by Gasteiger charge is 2.17. The van der Waals surface area contributed by atoms with Gasteiger partial charge in [0.25, 0.3) is 0 Å². The molecule has 0 aliphatic heterocycles. The predicted molar refractivity (Wildman–Crippen MR) is 96.7 cm³/mol. The average Bonchev–Trinajstić information content (AvgIpc) is 3.26. The highest BCUT2D eigenvalue weighted by Crippen LogP contribution is 2.17. The highest BCUT2D eigenvalue weighted by atomic mass is 16.2. The van der Waals surface area contributed by atoms with Crippen LogP contribution >= 0.6 is 0 Å². The van der Waals surface area contributed by atoms with E-state index in [0.717, 1.165) is 18.4 Å². The molecule has 2 amide bonds. The van der Waals surface area contributed by atoms with Crippen molar-refractivity contribution in [1.82, 2.24) is 15.1 Å². The fourth-order valence-electron chi connectivity index (χ4n) is 2.93. The number of nitrogens with zero attached hydrogens (tertiary/aromatic N) is 2. The molecular weight excluding hydrogens is 316 g/mol. The lowest BCUT2D eigenvalue weighted by atomic mass is 10.2. The van der Waals surface area contributed by atoms with Gasteiger partial charge in [-0.25, -0.2) is 0 Å². The topological polar surface area (TPSA) is 76.0 Å². The lowest BCUT2D eigenvalue weighted by molar-refractivity contribution is -0.122. The Hall–Kier alpha value is -2.89. The van der Waals surface area contributed by atoms with Gasteiger partial charge < -0.3 is 10.6 Å². The quantitative estimate of drug-likeness (QED) is 0.795. The van der Waals surface area contributed by atoms with E-state index in [1.54, 1.807) is 12.3 Å². The fourth-order valence-corrected chi connectivity index (χ4v) is 2.93. The van der Waals surface area contributed by atoms with Crippen LogP contribution in [0.3, 0.4) is 0 Å². The standard InChI is InChI=1S/C19H22N4O2/c24-18(11-10-15-6-2-1-3-7-15)22-17-12-20-23(13-17)14-19(25)21-16-8-4-5-9-16/h1-3,6-7,10-13,16H,4-5,8-9,14H2,(H,21,25)(H,22,24)/b11-10+. The Labute approximate surface area is 146 Å². The van der Waals surface area contributed by atoms with Crippen molar-refractivity contribution in [2.24, 2.45) is 0 Å². The van der Waals surface area contributed by atoms with E-state index in [2.05, 4.69) is 15.7 Å². The Kier molecular flexibility index (Phi) is 5.61. The van der Waals surface area contributed by atoms with Crippen molar-refractivity contribution in [1.29, 1.82) is 0 Å². The first-order valence-electron chi connectivity index (χ1n) is 8.55. The minimum atomic E-state index is -0.237. The summed E-state index contributed by atoms with van der Waals surface area (Å²) in [6.07, 6.45) is 10.9. The van der Waals surface area contributed by atoms with Gasteiger partial charge >= 0.3 is 0 Å². The van der Waals surface area contributed by atoms with E-state index < -0.39 is 0 Å². The molecule has 0 unspecified atom stereocenters. The van der Waals surface area contributed by atoms with Gasteiger partial charge in [0.15, 0.2) is 0 Å². The lowest BCUT2D eigenvalue weighted by Crippen LogP contribution is -2.35. The van der Waals surface area contributed by atoms with Gasteiger partial charge in [0, 0.05) is 18.3 Å². The largest absolute Gasteiger partial charge is 0.352 e. The third-order valence-corrected chi connectivity index (χ3v) is 4.15. The average molecular weight is 338 g/mol. The van der Waals surface area contributed by atoms with Crippen LogP contribution in [0.2, 0.25) is 0 Å². The first kappa shape index (κ1) is 17.0. The molecule has 1 aromatic heterocycles. The van der Waals surface area contributed by atoms with Crippen molar-refractivity contribution in [2.45, 2.75) is 38.3 Å². The molecule has 1 saturated carbocycles. The summed E-state index contributed by atoms with van der Waals surface area (Å²) in [5, 5.41) is 9.87. The number of nitrogens with one attached hydrogen (secondary N) is 2. The van der Waals surface area contributed by atoms with Gasteiger partial charge in [-0.1, -0.05) is 43.2 Å². The molecule has 0 atom stereocenters. The summed E-state index contributed by atoms with van der Waals surface area (Å²) in [5.41, 5.74) is 1.52. The molecule has 0 spiro atoms. The number of carbonyl (C=O) groups is 2. The second kappa shape index (κ2) is 8.28. The molecule has 1 aliphatic rings. The van der Waals surface area contributed by atoms with Crippen molar-refractivity contribution in [3.63, 3.8) is 0 Å². The number of hydrogen-bond acceptors (Lipinski definition) is 3. The van der Waals surface area contributed by atoms with E-state index in [-0.39, 0.29) is 18.4 Å². The maximum Gasteiger partial charge on any atom is 0.248 e. The zero-order valence-electron chi connectivity index (χ0n) is 14.0. The highest BCUT2D eigenvalue weighted by molar-refractivity contribution is 6.01. The molecule has 1 fully saturated rings. The molecule has 1 heterocycles. The Morgan fingerprint density at radius 1 is 1.20 bits per heavy atom. The Morgan fingerprint density at radius 2 is 1.96 bits per heavy atom. The Bertz CT molecular complexity index is 746. The van der Waals surface area contributed by atoms with E-state index in [0.29, 0.717) is 11.7 Å². The van der Waals surface area contributed by atoms with Gasteiger partial charge in [-0.05, 0) is 24.5 Å². The van der Waals surface area contributed by atoms with Crippen molar-refractivity contribution in [2.75, 3.05) is 5.32 Å². The Balaban J connectivity index is 1.48. The summed E-state index contributed by atoms with van der Waals surface area (Å²) >= 11 is 0. The van der Waals surface area contributed by atoms with E-state index >= 15 is 0 Å². The first-order valence-corrected chi connectivity index (χ1v) is 8.55. The summed E-state index contributed by atoms with van der Waals surface area (Å²) in [5.74, 6) is -0.282. The fraction of sp³-hybridized carbons (Fsp3) is 0.316. The van der Waals surface area contributed by atoms with Crippen molar-refractivity contribution >= 4 is 23.6 Å². The number of hydrogen-bond donors (Lipinski definition) is 2. The zero-order valence-corrected chi connectivity index (χ0v) is 14.0. The molecule has 6 nitrogen and oxygen atoms in total. The molecule has 6 heteroatoms. The maximum absolute atomic E-state index is 12.0. The van der Waals surface area contributed by atoms with E-state index in [4.69, 9.17) is 0 Å². The number of rotatable bonds is 6. The number of amides is 2. The number of aromatic nitrogens is 2. The summed E-state index contributed by atoms with van der Waals surface area (Å²) in [6, 6.07) is 9.89. The first-order chi connectivity index (χ1) is 12.2. The maximum atomic E-state index is 12.0. The second-order valence-corrected chi connectivity index (χ2v) is 6.21. The smallest absolute Gasteiger partial charge is 0.248 e. The summed E-state index contributed by atoms with van der Waals surface area (Å²) in [7, 11) is 0.